The molecule has 0 aromatic carbocycles. The number of rotatable bonds is 4. The van der Waals surface area contributed by atoms with Crippen molar-refractivity contribution >= 4 is 17.4 Å². The lowest BCUT2D eigenvalue weighted by atomic mass is 10.3. The molecule has 1 aromatic heterocycles. The number of anilines is 2. The van der Waals surface area contributed by atoms with Crippen LogP contribution in [0.4, 0.5) is 11.5 Å². The van der Waals surface area contributed by atoms with Gasteiger partial charge >= 0.3 is 0 Å². The van der Waals surface area contributed by atoms with Crippen LogP contribution >= 0.6 is 0 Å². The highest BCUT2D eigenvalue weighted by molar-refractivity contribution is 5.78. The van der Waals surface area contributed by atoms with Gasteiger partial charge in [0.05, 0.1) is 11.8 Å². The Bertz CT molecular complexity index is 456. The van der Waals surface area contributed by atoms with E-state index in [0.717, 1.165) is 18.9 Å². The van der Waals surface area contributed by atoms with Gasteiger partial charge in [0.1, 0.15) is 6.61 Å². The second-order valence-corrected chi connectivity index (χ2v) is 5.14. The van der Waals surface area contributed by atoms with Gasteiger partial charge in [0.2, 0.25) is 5.91 Å². The van der Waals surface area contributed by atoms with Crippen LogP contribution in [0.5, 0.6) is 0 Å². The first-order valence-corrected chi connectivity index (χ1v) is 6.92. The van der Waals surface area contributed by atoms with Crippen LogP contribution in [0.15, 0.2) is 18.3 Å². The van der Waals surface area contributed by atoms with Crippen molar-refractivity contribution in [3.63, 3.8) is 0 Å². The highest BCUT2D eigenvalue weighted by Gasteiger charge is 2.22. The second-order valence-electron chi connectivity index (χ2n) is 5.14. The van der Waals surface area contributed by atoms with Crippen LogP contribution in [0, 0.1) is 0 Å². The zero-order chi connectivity index (χ0) is 14.5. The lowest BCUT2D eigenvalue weighted by Crippen LogP contribution is -2.50. The molecule has 0 spiro atoms. The second kappa shape index (κ2) is 6.56. The molecule has 2 heterocycles. The number of nitrogen functional groups attached to an aromatic ring is 1. The number of hydrogen-bond donors (Lipinski definition) is 1. The van der Waals surface area contributed by atoms with Gasteiger partial charge in [0.25, 0.3) is 0 Å². The molecule has 110 valence electrons. The molecule has 2 rings (SSSR count). The van der Waals surface area contributed by atoms with Crippen LogP contribution in [0.1, 0.15) is 13.8 Å². The quantitative estimate of drug-likeness (QED) is 0.879. The lowest BCUT2D eigenvalue weighted by Gasteiger charge is -2.35. The number of aromatic nitrogens is 1. The Morgan fingerprint density at radius 1 is 1.40 bits per heavy atom. The van der Waals surface area contributed by atoms with Crippen molar-refractivity contribution < 1.29 is 9.53 Å². The molecule has 0 bridgehead atoms. The maximum Gasteiger partial charge on any atom is 0.248 e. The molecular weight excluding hydrogens is 256 g/mol. The van der Waals surface area contributed by atoms with Crippen molar-refractivity contribution in [2.24, 2.45) is 0 Å². The molecule has 1 amide bonds. The van der Waals surface area contributed by atoms with E-state index in [0.29, 0.717) is 18.8 Å². The Morgan fingerprint density at radius 3 is 2.70 bits per heavy atom. The largest absolute Gasteiger partial charge is 0.396 e. The molecule has 0 atom stereocenters. The van der Waals surface area contributed by atoms with Crippen LogP contribution in [0.25, 0.3) is 0 Å². The third-order valence-corrected chi connectivity index (χ3v) is 3.29. The summed E-state index contributed by atoms with van der Waals surface area (Å²) >= 11 is 0. The standard InChI is InChI=1S/C14H22N4O2/c1-11(2)20-10-13(19)17-6-8-18(9-7-17)14-12(15)4-3-5-16-14/h3-5,11H,6-10,15H2,1-2H3. The summed E-state index contributed by atoms with van der Waals surface area (Å²) in [5.74, 6) is 0.852. The fraction of sp³-hybridized carbons (Fsp3) is 0.571. The summed E-state index contributed by atoms with van der Waals surface area (Å²) in [7, 11) is 0. The maximum absolute atomic E-state index is 12.0. The average molecular weight is 278 g/mol. The predicted octanol–water partition coefficient (Wildman–Crippen LogP) is 0.737. The number of amides is 1. The number of ether oxygens (including phenoxy) is 1. The van der Waals surface area contributed by atoms with Gasteiger partial charge < -0.3 is 20.3 Å². The van der Waals surface area contributed by atoms with Gasteiger partial charge in [-0.05, 0) is 26.0 Å². The molecule has 0 saturated carbocycles. The normalized spacial score (nSPS) is 15.8. The van der Waals surface area contributed by atoms with E-state index < -0.39 is 0 Å². The highest BCUT2D eigenvalue weighted by atomic mass is 16.5. The number of pyridine rings is 1. The topological polar surface area (TPSA) is 71.7 Å². The molecule has 20 heavy (non-hydrogen) atoms. The van der Waals surface area contributed by atoms with Crippen LogP contribution < -0.4 is 10.6 Å². The fourth-order valence-corrected chi connectivity index (χ4v) is 2.17. The Balaban J connectivity index is 1.86. The van der Waals surface area contributed by atoms with Gasteiger partial charge in [-0.25, -0.2) is 4.98 Å². The number of nitrogens with two attached hydrogens (primary N) is 1. The summed E-state index contributed by atoms with van der Waals surface area (Å²) < 4.78 is 5.35. The van der Waals surface area contributed by atoms with Crippen molar-refractivity contribution in [2.75, 3.05) is 43.4 Å². The maximum atomic E-state index is 12.0. The first-order valence-electron chi connectivity index (χ1n) is 6.92. The van der Waals surface area contributed by atoms with Gasteiger partial charge in [-0.1, -0.05) is 0 Å². The summed E-state index contributed by atoms with van der Waals surface area (Å²) in [5, 5.41) is 0. The van der Waals surface area contributed by atoms with Crippen molar-refractivity contribution in [3.05, 3.63) is 18.3 Å². The van der Waals surface area contributed by atoms with Crippen LogP contribution in [-0.2, 0) is 9.53 Å². The summed E-state index contributed by atoms with van der Waals surface area (Å²) in [4.78, 5) is 20.2. The van der Waals surface area contributed by atoms with E-state index in [9.17, 15) is 4.79 Å². The minimum atomic E-state index is 0.0485. The SMILES string of the molecule is CC(C)OCC(=O)N1CCN(c2ncccc2N)CC1. The monoisotopic (exact) mass is 278 g/mol. The summed E-state index contributed by atoms with van der Waals surface area (Å²) in [6.45, 7) is 6.85. The van der Waals surface area contributed by atoms with Gasteiger partial charge in [0.15, 0.2) is 5.82 Å². The Labute approximate surface area is 119 Å². The molecule has 2 N–H and O–H groups in total. The number of nitrogens with zero attached hydrogens (tertiary/aromatic N) is 3. The van der Waals surface area contributed by atoms with E-state index in [2.05, 4.69) is 9.88 Å². The zero-order valence-electron chi connectivity index (χ0n) is 12.1. The molecule has 1 fully saturated rings. The van der Waals surface area contributed by atoms with Crippen LogP contribution in [0.2, 0.25) is 0 Å². The first kappa shape index (κ1) is 14.6. The van der Waals surface area contributed by atoms with E-state index >= 15 is 0 Å². The van der Waals surface area contributed by atoms with Gasteiger partial charge in [0, 0.05) is 32.4 Å². The lowest BCUT2D eigenvalue weighted by molar-refractivity contribution is -0.137. The van der Waals surface area contributed by atoms with Crippen molar-refractivity contribution in [1.29, 1.82) is 0 Å². The molecule has 6 nitrogen and oxygen atoms in total. The predicted molar refractivity (Wildman–Crippen MR) is 78.5 cm³/mol. The van der Waals surface area contributed by atoms with Crippen molar-refractivity contribution in [2.45, 2.75) is 20.0 Å². The third kappa shape index (κ3) is 3.60. The van der Waals surface area contributed by atoms with E-state index in [1.54, 1.807) is 6.20 Å². The first-order chi connectivity index (χ1) is 9.58. The zero-order valence-corrected chi connectivity index (χ0v) is 12.1. The molecule has 1 saturated heterocycles. The van der Waals surface area contributed by atoms with E-state index in [1.807, 2.05) is 30.9 Å². The molecule has 1 aromatic rings. The number of carbonyl (C=O) groups excluding carboxylic acids is 1. The fourth-order valence-electron chi connectivity index (χ4n) is 2.17. The molecule has 6 heteroatoms. The Morgan fingerprint density at radius 2 is 2.10 bits per heavy atom. The van der Waals surface area contributed by atoms with Crippen LogP contribution in [0.3, 0.4) is 0 Å². The Hall–Kier alpha value is -1.82. The third-order valence-electron chi connectivity index (χ3n) is 3.29. The summed E-state index contributed by atoms with van der Waals surface area (Å²) in [5.41, 5.74) is 6.60. The van der Waals surface area contributed by atoms with Crippen molar-refractivity contribution in [1.82, 2.24) is 9.88 Å². The molecule has 0 aliphatic carbocycles. The summed E-state index contributed by atoms with van der Waals surface area (Å²) in [6, 6.07) is 3.66. The van der Waals surface area contributed by atoms with Gasteiger partial charge in [-0.3, -0.25) is 4.79 Å². The van der Waals surface area contributed by atoms with E-state index in [-0.39, 0.29) is 18.6 Å². The van der Waals surface area contributed by atoms with Crippen molar-refractivity contribution in [3.8, 4) is 0 Å². The highest BCUT2D eigenvalue weighted by Crippen LogP contribution is 2.20. The number of piperazine rings is 1. The summed E-state index contributed by atoms with van der Waals surface area (Å²) in [6.07, 6.45) is 1.81. The molecule has 0 radical (unpaired) electrons. The number of carbonyl (C=O) groups is 1. The smallest absolute Gasteiger partial charge is 0.248 e. The van der Waals surface area contributed by atoms with Gasteiger partial charge in [-0.15, -0.1) is 0 Å². The minimum absolute atomic E-state index is 0.0485. The molecule has 0 unspecified atom stereocenters. The molecule has 1 aliphatic heterocycles. The van der Waals surface area contributed by atoms with E-state index in [4.69, 9.17) is 10.5 Å². The number of hydrogen-bond acceptors (Lipinski definition) is 5. The molecular formula is C14H22N4O2. The average Bonchev–Trinajstić information content (AvgIpc) is 2.45. The Kier molecular flexibility index (Phi) is 4.79. The minimum Gasteiger partial charge on any atom is -0.396 e. The van der Waals surface area contributed by atoms with E-state index in [1.165, 1.54) is 0 Å². The van der Waals surface area contributed by atoms with Gasteiger partial charge in [-0.2, -0.15) is 0 Å². The van der Waals surface area contributed by atoms with Crippen LogP contribution in [-0.4, -0.2) is 54.7 Å². The molecule has 1 aliphatic rings.